The first kappa shape index (κ1) is 14.8. The Kier molecular flexibility index (Phi) is 5.83. The molecule has 0 fully saturated rings. The van der Waals surface area contributed by atoms with E-state index in [1.807, 2.05) is 24.5 Å². The third-order valence-electron chi connectivity index (χ3n) is 2.77. The molecule has 0 spiro atoms. The fourth-order valence-corrected chi connectivity index (χ4v) is 2.25. The van der Waals surface area contributed by atoms with Crippen LogP contribution in [0.25, 0.3) is 0 Å². The van der Waals surface area contributed by atoms with Crippen LogP contribution >= 0.6 is 11.8 Å². The van der Waals surface area contributed by atoms with Crippen LogP contribution in [0.15, 0.2) is 41.8 Å². The molecule has 106 valence electrons. The first-order valence-corrected chi connectivity index (χ1v) is 7.57. The van der Waals surface area contributed by atoms with Gasteiger partial charge in [-0.2, -0.15) is 0 Å². The topological polar surface area (TPSA) is 47.0 Å². The number of rotatable bonds is 7. The number of ether oxygens (including phenoxy) is 1. The second-order valence-electron chi connectivity index (χ2n) is 4.26. The molecule has 20 heavy (non-hydrogen) atoms. The number of hydrogen-bond acceptors (Lipinski definition) is 5. The highest BCUT2D eigenvalue weighted by atomic mass is 32.2. The van der Waals surface area contributed by atoms with Crippen LogP contribution in [0.3, 0.4) is 0 Å². The quantitative estimate of drug-likeness (QED) is 0.627. The lowest BCUT2D eigenvalue weighted by molar-refractivity contribution is 0.414. The summed E-state index contributed by atoms with van der Waals surface area (Å²) in [5.74, 6) is 1.88. The molecule has 1 aromatic carbocycles. The van der Waals surface area contributed by atoms with E-state index in [-0.39, 0.29) is 0 Å². The summed E-state index contributed by atoms with van der Waals surface area (Å²) in [5.41, 5.74) is 2.32. The normalized spacial score (nSPS) is 10.5. The van der Waals surface area contributed by atoms with Crippen molar-refractivity contribution in [1.82, 2.24) is 15.3 Å². The highest BCUT2D eigenvalue weighted by molar-refractivity contribution is 7.99. The minimum absolute atomic E-state index is 0.767. The zero-order chi connectivity index (χ0) is 14.2. The molecule has 5 heteroatoms. The molecule has 0 amide bonds. The van der Waals surface area contributed by atoms with E-state index in [4.69, 9.17) is 4.74 Å². The highest BCUT2D eigenvalue weighted by Crippen LogP contribution is 2.12. The molecule has 0 unspecified atom stereocenters. The van der Waals surface area contributed by atoms with Gasteiger partial charge in [-0.15, -0.1) is 0 Å². The lowest BCUT2D eigenvalue weighted by Crippen LogP contribution is -2.13. The second kappa shape index (κ2) is 7.87. The van der Waals surface area contributed by atoms with Gasteiger partial charge >= 0.3 is 0 Å². The van der Waals surface area contributed by atoms with E-state index in [0.717, 1.165) is 35.3 Å². The van der Waals surface area contributed by atoms with Gasteiger partial charge in [0.05, 0.1) is 7.11 Å². The lowest BCUT2D eigenvalue weighted by atomic mass is 10.2. The van der Waals surface area contributed by atoms with Crippen molar-refractivity contribution in [2.75, 3.05) is 12.9 Å². The molecule has 1 N–H and O–H groups in total. The Balaban J connectivity index is 1.79. The predicted octanol–water partition coefficient (Wildman–Crippen LogP) is 2.89. The lowest BCUT2D eigenvalue weighted by Gasteiger charge is -2.06. The van der Waals surface area contributed by atoms with Crippen molar-refractivity contribution in [2.45, 2.75) is 25.2 Å². The molecular formula is C15H19N3OS. The van der Waals surface area contributed by atoms with Gasteiger partial charge in [-0.3, -0.25) is 0 Å². The van der Waals surface area contributed by atoms with E-state index >= 15 is 0 Å². The molecule has 2 rings (SSSR count). The van der Waals surface area contributed by atoms with Gasteiger partial charge in [0.15, 0.2) is 5.16 Å². The van der Waals surface area contributed by atoms with Gasteiger partial charge in [-0.1, -0.05) is 30.8 Å². The van der Waals surface area contributed by atoms with Gasteiger partial charge < -0.3 is 10.1 Å². The van der Waals surface area contributed by atoms with Gasteiger partial charge in [0.2, 0.25) is 0 Å². The fourth-order valence-electron chi connectivity index (χ4n) is 1.73. The average molecular weight is 289 g/mol. The maximum Gasteiger partial charge on any atom is 0.187 e. The molecule has 1 heterocycles. The predicted molar refractivity (Wildman–Crippen MR) is 82.0 cm³/mol. The minimum Gasteiger partial charge on any atom is -0.497 e. The Labute approximate surface area is 124 Å². The van der Waals surface area contributed by atoms with Crippen molar-refractivity contribution in [3.05, 3.63) is 47.8 Å². The summed E-state index contributed by atoms with van der Waals surface area (Å²) in [5, 5.41) is 4.22. The van der Waals surface area contributed by atoms with Crippen molar-refractivity contribution < 1.29 is 4.74 Å². The van der Waals surface area contributed by atoms with Gasteiger partial charge in [0.25, 0.3) is 0 Å². The molecule has 0 saturated carbocycles. The Morgan fingerprint density at radius 3 is 2.30 bits per heavy atom. The summed E-state index contributed by atoms with van der Waals surface area (Å²) >= 11 is 1.65. The molecule has 0 aliphatic rings. The standard InChI is InChI=1S/C15H19N3OS/c1-3-20-15-17-10-13(11-18-15)9-16-8-12-4-6-14(19-2)7-5-12/h4-7,10-11,16H,3,8-9H2,1-2H3. The largest absolute Gasteiger partial charge is 0.497 e. The number of thioether (sulfide) groups is 1. The molecule has 0 aliphatic heterocycles. The fraction of sp³-hybridized carbons (Fsp3) is 0.333. The van der Waals surface area contributed by atoms with Crippen LogP contribution in [-0.2, 0) is 13.1 Å². The monoisotopic (exact) mass is 289 g/mol. The number of aromatic nitrogens is 2. The summed E-state index contributed by atoms with van der Waals surface area (Å²) in [6, 6.07) is 8.06. The van der Waals surface area contributed by atoms with Crippen molar-refractivity contribution in [3.8, 4) is 5.75 Å². The number of nitrogens with zero attached hydrogens (tertiary/aromatic N) is 2. The number of nitrogens with one attached hydrogen (secondary N) is 1. The highest BCUT2D eigenvalue weighted by Gasteiger charge is 1.98. The average Bonchev–Trinajstić information content (AvgIpc) is 2.50. The summed E-state index contributed by atoms with van der Waals surface area (Å²) in [6.45, 7) is 3.68. The van der Waals surface area contributed by atoms with Crippen molar-refractivity contribution in [1.29, 1.82) is 0 Å². The third kappa shape index (κ3) is 4.51. The van der Waals surface area contributed by atoms with E-state index in [9.17, 15) is 0 Å². The van der Waals surface area contributed by atoms with Gasteiger partial charge in [-0.25, -0.2) is 9.97 Å². The molecular weight excluding hydrogens is 270 g/mol. The Hall–Kier alpha value is -1.59. The van der Waals surface area contributed by atoms with Crippen molar-refractivity contribution in [3.63, 3.8) is 0 Å². The maximum absolute atomic E-state index is 5.14. The zero-order valence-electron chi connectivity index (χ0n) is 11.8. The summed E-state index contributed by atoms with van der Waals surface area (Å²) in [4.78, 5) is 8.62. The number of benzene rings is 1. The Bertz CT molecular complexity index is 514. The summed E-state index contributed by atoms with van der Waals surface area (Å²) in [6.07, 6.45) is 3.76. The molecule has 0 aliphatic carbocycles. The van der Waals surface area contributed by atoms with E-state index < -0.39 is 0 Å². The molecule has 1 aromatic heterocycles. The Morgan fingerprint density at radius 2 is 1.70 bits per heavy atom. The van der Waals surface area contributed by atoms with Crippen LogP contribution in [0.2, 0.25) is 0 Å². The van der Waals surface area contributed by atoms with Crippen LogP contribution in [0.5, 0.6) is 5.75 Å². The molecule has 0 atom stereocenters. The first-order chi connectivity index (χ1) is 9.81. The minimum atomic E-state index is 0.767. The molecule has 0 saturated heterocycles. The van der Waals surface area contributed by atoms with Crippen LogP contribution in [-0.4, -0.2) is 22.8 Å². The van der Waals surface area contributed by atoms with E-state index in [2.05, 4.69) is 34.3 Å². The SMILES string of the molecule is CCSc1ncc(CNCc2ccc(OC)cc2)cn1. The second-order valence-corrected chi connectivity index (χ2v) is 5.49. The number of hydrogen-bond donors (Lipinski definition) is 1. The Morgan fingerprint density at radius 1 is 1.05 bits per heavy atom. The number of methoxy groups -OCH3 is 1. The van der Waals surface area contributed by atoms with Crippen LogP contribution in [0, 0.1) is 0 Å². The third-order valence-corrected chi connectivity index (χ3v) is 3.53. The van der Waals surface area contributed by atoms with Gasteiger partial charge in [-0.05, 0) is 23.4 Å². The summed E-state index contributed by atoms with van der Waals surface area (Å²) in [7, 11) is 1.67. The van der Waals surface area contributed by atoms with Crippen LogP contribution in [0.4, 0.5) is 0 Å². The van der Waals surface area contributed by atoms with Crippen LogP contribution in [0.1, 0.15) is 18.1 Å². The van der Waals surface area contributed by atoms with E-state index in [1.54, 1.807) is 18.9 Å². The smallest absolute Gasteiger partial charge is 0.187 e. The van der Waals surface area contributed by atoms with Crippen molar-refractivity contribution >= 4 is 11.8 Å². The van der Waals surface area contributed by atoms with Crippen molar-refractivity contribution in [2.24, 2.45) is 0 Å². The van der Waals surface area contributed by atoms with E-state index in [1.165, 1.54) is 5.56 Å². The maximum atomic E-state index is 5.14. The molecule has 0 radical (unpaired) electrons. The van der Waals surface area contributed by atoms with Gasteiger partial charge in [0.1, 0.15) is 5.75 Å². The summed E-state index contributed by atoms with van der Waals surface area (Å²) < 4.78 is 5.14. The van der Waals surface area contributed by atoms with E-state index in [0.29, 0.717) is 0 Å². The first-order valence-electron chi connectivity index (χ1n) is 6.59. The zero-order valence-corrected chi connectivity index (χ0v) is 12.6. The molecule has 4 nitrogen and oxygen atoms in total. The van der Waals surface area contributed by atoms with Crippen LogP contribution < -0.4 is 10.1 Å². The van der Waals surface area contributed by atoms with Gasteiger partial charge in [0, 0.05) is 31.0 Å². The molecule has 0 bridgehead atoms. The molecule has 2 aromatic rings.